The highest BCUT2D eigenvalue weighted by Gasteiger charge is 2.21. The summed E-state index contributed by atoms with van der Waals surface area (Å²) in [5.41, 5.74) is -0.149. The number of rotatable bonds is 8. The van der Waals surface area contributed by atoms with Crippen molar-refractivity contribution in [2.75, 3.05) is 13.1 Å². The van der Waals surface area contributed by atoms with Gasteiger partial charge in [-0.15, -0.1) is 0 Å². The van der Waals surface area contributed by atoms with Gasteiger partial charge in [-0.3, -0.25) is 0 Å². The van der Waals surface area contributed by atoms with Gasteiger partial charge in [-0.1, -0.05) is 32.9 Å². The number of aliphatic hydroxyl groups excluding tert-OH is 1. The third-order valence-electron chi connectivity index (χ3n) is 3.20. The van der Waals surface area contributed by atoms with Crippen LogP contribution in [0, 0.1) is 5.41 Å². The predicted molar refractivity (Wildman–Crippen MR) is 83.6 cm³/mol. The molecule has 0 fully saturated rings. The van der Waals surface area contributed by atoms with E-state index < -0.39 is 0 Å². The van der Waals surface area contributed by atoms with E-state index in [0.717, 1.165) is 0 Å². The first-order chi connectivity index (χ1) is 10.2. The third-order valence-corrected chi connectivity index (χ3v) is 3.20. The Bertz CT molecular complexity index is 469. The minimum atomic E-state index is -0.382. The molecule has 0 radical (unpaired) electrons. The highest BCUT2D eigenvalue weighted by atomic mass is 16.5. The van der Waals surface area contributed by atoms with Crippen LogP contribution in [0.25, 0.3) is 0 Å². The van der Waals surface area contributed by atoms with Crippen molar-refractivity contribution in [3.05, 3.63) is 11.7 Å². The number of urea groups is 1. The number of hydrogen-bond donors (Lipinski definition) is 3. The van der Waals surface area contributed by atoms with Crippen LogP contribution < -0.4 is 10.6 Å². The molecule has 7 heteroatoms. The van der Waals surface area contributed by atoms with Gasteiger partial charge in [-0.25, -0.2) is 4.79 Å². The van der Waals surface area contributed by atoms with Gasteiger partial charge in [0, 0.05) is 25.4 Å². The van der Waals surface area contributed by atoms with Gasteiger partial charge >= 0.3 is 6.03 Å². The van der Waals surface area contributed by atoms with E-state index in [1.807, 2.05) is 27.7 Å². The summed E-state index contributed by atoms with van der Waals surface area (Å²) in [5, 5.41) is 18.8. The maximum atomic E-state index is 11.7. The topological polar surface area (TPSA) is 100 Å². The van der Waals surface area contributed by atoms with Gasteiger partial charge in [0.15, 0.2) is 5.82 Å². The van der Waals surface area contributed by atoms with E-state index >= 15 is 0 Å². The zero-order valence-electron chi connectivity index (χ0n) is 14.1. The molecule has 126 valence electrons. The van der Waals surface area contributed by atoms with Crippen molar-refractivity contribution in [1.29, 1.82) is 0 Å². The fourth-order valence-corrected chi connectivity index (χ4v) is 2.14. The Balaban J connectivity index is 2.25. The Labute approximate surface area is 131 Å². The molecule has 0 aliphatic rings. The fraction of sp³-hybridized carbons (Fsp3) is 0.800. The molecule has 1 atom stereocenters. The summed E-state index contributed by atoms with van der Waals surface area (Å²) >= 11 is 0. The molecule has 3 N–H and O–H groups in total. The smallest absolute Gasteiger partial charge is 0.314 e. The van der Waals surface area contributed by atoms with E-state index in [-0.39, 0.29) is 23.5 Å². The van der Waals surface area contributed by atoms with Crippen molar-refractivity contribution < 1.29 is 14.4 Å². The summed E-state index contributed by atoms with van der Waals surface area (Å²) < 4.78 is 5.11. The Morgan fingerprint density at radius 1 is 1.32 bits per heavy atom. The van der Waals surface area contributed by atoms with E-state index in [9.17, 15) is 9.90 Å². The highest BCUT2D eigenvalue weighted by Crippen LogP contribution is 2.20. The monoisotopic (exact) mass is 312 g/mol. The quantitative estimate of drug-likeness (QED) is 0.680. The molecule has 0 saturated heterocycles. The average Bonchev–Trinajstić information content (AvgIpc) is 2.84. The zero-order valence-corrected chi connectivity index (χ0v) is 14.1. The molecule has 0 spiro atoms. The normalized spacial score (nSPS) is 13.2. The van der Waals surface area contributed by atoms with E-state index in [2.05, 4.69) is 20.8 Å². The molecule has 1 unspecified atom stereocenters. The van der Waals surface area contributed by atoms with Crippen LogP contribution in [-0.4, -0.2) is 40.5 Å². The molecule has 7 nitrogen and oxygen atoms in total. The summed E-state index contributed by atoms with van der Waals surface area (Å²) in [6.45, 7) is 10.7. The van der Waals surface area contributed by atoms with Gasteiger partial charge in [0.2, 0.25) is 5.89 Å². The van der Waals surface area contributed by atoms with E-state index in [0.29, 0.717) is 37.6 Å². The molecule has 1 rings (SSSR count). The van der Waals surface area contributed by atoms with Gasteiger partial charge in [0.05, 0.1) is 6.10 Å². The van der Waals surface area contributed by atoms with Gasteiger partial charge in [0.1, 0.15) is 0 Å². The van der Waals surface area contributed by atoms with Crippen molar-refractivity contribution in [3.63, 3.8) is 0 Å². The lowest BCUT2D eigenvalue weighted by Gasteiger charge is -2.26. The maximum Gasteiger partial charge on any atom is 0.314 e. The minimum Gasteiger partial charge on any atom is -0.393 e. The van der Waals surface area contributed by atoms with E-state index in [1.165, 1.54) is 0 Å². The Hall–Kier alpha value is -1.63. The second-order valence-electron chi connectivity index (χ2n) is 6.78. The Morgan fingerprint density at radius 3 is 2.55 bits per heavy atom. The van der Waals surface area contributed by atoms with Crippen LogP contribution in [0.4, 0.5) is 4.79 Å². The molecule has 0 aromatic carbocycles. The van der Waals surface area contributed by atoms with Crippen LogP contribution in [0.5, 0.6) is 0 Å². The summed E-state index contributed by atoms with van der Waals surface area (Å²) in [6.07, 6.45) is 0.754. The standard InChI is InChI=1S/C15H28N4O3/c1-10(2)13-18-12(22-19-13)6-7-16-14(21)17-9-15(4,5)8-11(3)20/h10-11,20H,6-9H2,1-5H3,(H2,16,17,21). The van der Waals surface area contributed by atoms with Crippen molar-refractivity contribution in [3.8, 4) is 0 Å². The lowest BCUT2D eigenvalue weighted by molar-refractivity contribution is 0.129. The number of carbonyl (C=O) groups excluding carboxylic acids is 1. The van der Waals surface area contributed by atoms with Crippen molar-refractivity contribution in [1.82, 2.24) is 20.8 Å². The third kappa shape index (κ3) is 6.89. The summed E-state index contributed by atoms with van der Waals surface area (Å²) in [6, 6.07) is -0.234. The van der Waals surface area contributed by atoms with Gasteiger partial charge < -0.3 is 20.3 Å². The van der Waals surface area contributed by atoms with Gasteiger partial charge in [-0.2, -0.15) is 4.98 Å². The first-order valence-corrected chi connectivity index (χ1v) is 7.72. The van der Waals surface area contributed by atoms with Crippen LogP contribution >= 0.6 is 0 Å². The fourth-order valence-electron chi connectivity index (χ4n) is 2.14. The second-order valence-corrected chi connectivity index (χ2v) is 6.78. The zero-order chi connectivity index (χ0) is 16.8. The molecule has 2 amide bonds. The molecular weight excluding hydrogens is 284 g/mol. The number of aliphatic hydroxyl groups is 1. The summed E-state index contributed by atoms with van der Waals surface area (Å²) in [7, 11) is 0. The number of aromatic nitrogens is 2. The largest absolute Gasteiger partial charge is 0.393 e. The molecular formula is C15H28N4O3. The van der Waals surface area contributed by atoms with Crippen molar-refractivity contribution in [2.45, 2.75) is 59.5 Å². The number of amides is 2. The second kappa shape index (κ2) is 8.12. The first-order valence-electron chi connectivity index (χ1n) is 7.72. The maximum absolute atomic E-state index is 11.7. The number of carbonyl (C=O) groups is 1. The van der Waals surface area contributed by atoms with Gasteiger partial charge in [-0.05, 0) is 18.8 Å². The lowest BCUT2D eigenvalue weighted by atomic mass is 9.87. The highest BCUT2D eigenvalue weighted by molar-refractivity contribution is 5.73. The van der Waals surface area contributed by atoms with Crippen molar-refractivity contribution in [2.24, 2.45) is 5.41 Å². The first kappa shape index (κ1) is 18.4. The molecule has 0 saturated carbocycles. The summed E-state index contributed by atoms with van der Waals surface area (Å²) in [4.78, 5) is 16.0. The molecule has 0 bridgehead atoms. The predicted octanol–water partition coefficient (Wildman–Crippen LogP) is 1.83. The lowest BCUT2D eigenvalue weighted by Crippen LogP contribution is -2.42. The molecule has 1 aromatic heterocycles. The van der Waals surface area contributed by atoms with Crippen LogP contribution in [0.1, 0.15) is 58.7 Å². The molecule has 1 aromatic rings. The van der Waals surface area contributed by atoms with Crippen LogP contribution in [0.3, 0.4) is 0 Å². The Kier molecular flexibility index (Phi) is 6.80. The van der Waals surface area contributed by atoms with Crippen LogP contribution in [0.2, 0.25) is 0 Å². The number of hydrogen-bond acceptors (Lipinski definition) is 5. The van der Waals surface area contributed by atoms with Crippen molar-refractivity contribution >= 4 is 6.03 Å². The van der Waals surface area contributed by atoms with E-state index in [4.69, 9.17) is 4.52 Å². The van der Waals surface area contributed by atoms with E-state index in [1.54, 1.807) is 6.92 Å². The number of nitrogens with zero attached hydrogens (tertiary/aromatic N) is 2. The van der Waals surface area contributed by atoms with Crippen LogP contribution in [0.15, 0.2) is 4.52 Å². The molecule has 22 heavy (non-hydrogen) atoms. The molecule has 0 aliphatic heterocycles. The minimum absolute atomic E-state index is 0.149. The Morgan fingerprint density at radius 2 is 2.00 bits per heavy atom. The average molecular weight is 312 g/mol. The number of nitrogens with one attached hydrogen (secondary N) is 2. The molecule has 0 aliphatic carbocycles. The van der Waals surface area contributed by atoms with Crippen LogP contribution in [-0.2, 0) is 6.42 Å². The summed E-state index contributed by atoms with van der Waals surface area (Å²) in [5.74, 6) is 1.43. The van der Waals surface area contributed by atoms with Gasteiger partial charge in [0.25, 0.3) is 0 Å². The molecule has 1 heterocycles. The SMILES string of the molecule is CC(O)CC(C)(C)CNC(=O)NCCc1nc(C(C)C)no1.